The molecule has 6 heterocycles. The molecule has 0 aliphatic carbocycles. The summed E-state index contributed by atoms with van der Waals surface area (Å²) in [6.07, 6.45) is 0. The number of aromatic nitrogens is 10. The molecule has 0 bridgehead atoms. The van der Waals surface area contributed by atoms with E-state index in [1.165, 1.54) is 92.8 Å². The third-order valence-electron chi connectivity index (χ3n) is 18.7. The van der Waals surface area contributed by atoms with E-state index in [1.54, 1.807) is 0 Å². The number of hydrogen-bond acceptors (Lipinski definition) is 6. The fourth-order valence-electron chi connectivity index (χ4n) is 13.6. The van der Waals surface area contributed by atoms with Gasteiger partial charge in [0.2, 0.25) is 0 Å². The molecule has 0 atom stereocenters. The Kier molecular flexibility index (Phi) is 57.7. The van der Waals surface area contributed by atoms with Gasteiger partial charge in [0, 0.05) is 129 Å². The SMILES string of the molecule is CC.CC.CC.CC.CC.CC.CC.CC.CC.CC.CC.CC.CC.CC.Cc1ccc(-c2nc(-c3ccccc3)nc(-c3ccccc3)n2)cc1.Cn1c2ccccc2c2ccccc21.Cn1c2ccccc2c2ccccc21.c1ccc(-c2nc(-c3ccccc3)nc(-c3ccc(-n4c5ccccc5c5ccccc54)cc3)n2)cc1.c1ccc2c(c1)[nH]c1ccccc12. The zero-order chi connectivity index (χ0) is 97.4. The number of fused-ring (bicyclic) bond motifs is 12. The van der Waals surface area contributed by atoms with Gasteiger partial charge in [0.15, 0.2) is 34.9 Å². The molecule has 0 fully saturated rings. The minimum Gasteiger partial charge on any atom is -0.355 e. The first-order valence-electron chi connectivity index (χ1n) is 48.5. The summed E-state index contributed by atoms with van der Waals surface area (Å²) < 4.78 is 6.79. The molecule has 0 aliphatic rings. The molecule has 6 aromatic heterocycles. The molecular weight excluding hydrogens is 1590 g/mol. The van der Waals surface area contributed by atoms with Crippen molar-refractivity contribution in [2.24, 2.45) is 14.1 Å². The van der Waals surface area contributed by atoms with Gasteiger partial charge in [-0.05, 0) is 79.7 Å². The van der Waals surface area contributed by atoms with Crippen molar-refractivity contribution in [1.29, 1.82) is 0 Å². The second-order valence-electron chi connectivity index (χ2n) is 25.3. The number of aromatic amines is 1. The van der Waals surface area contributed by atoms with Crippen molar-refractivity contribution < 1.29 is 0 Å². The number of aryl methyl sites for hydroxylation is 3. The van der Waals surface area contributed by atoms with Gasteiger partial charge in [0.25, 0.3) is 0 Å². The second-order valence-corrected chi connectivity index (χ2v) is 25.3. The average Bonchev–Trinajstić information content (AvgIpc) is 2.26. The van der Waals surface area contributed by atoms with Crippen LogP contribution in [0.4, 0.5) is 0 Å². The summed E-state index contributed by atoms with van der Waals surface area (Å²) in [7, 11) is 4.23. The minimum atomic E-state index is 0.654. The predicted molar refractivity (Wildman–Crippen MR) is 587 cm³/mol. The molecule has 10 heteroatoms. The normalized spacial score (nSPS) is 9.34. The van der Waals surface area contributed by atoms with Gasteiger partial charge in [-0.3, -0.25) is 0 Å². The van der Waals surface area contributed by atoms with Crippen LogP contribution in [0.1, 0.15) is 199 Å². The van der Waals surface area contributed by atoms with Crippen LogP contribution >= 0.6 is 0 Å². The Morgan fingerprint density at radius 1 is 0.168 bits per heavy atom. The molecule has 1 N–H and O–H groups in total. The Bertz CT molecular complexity index is 5890. The summed E-state index contributed by atoms with van der Waals surface area (Å²) in [5, 5.41) is 10.5. The van der Waals surface area contributed by atoms with Crippen LogP contribution in [0.15, 0.2) is 364 Å². The Balaban J connectivity index is 0.000000542. The Labute approximate surface area is 789 Å². The quantitative estimate of drug-likeness (QED) is 0.170. The van der Waals surface area contributed by atoms with Crippen LogP contribution in [0.5, 0.6) is 0 Å². The summed E-state index contributed by atoms with van der Waals surface area (Å²) in [6, 6.07) is 125. The van der Waals surface area contributed by atoms with Crippen molar-refractivity contribution in [2.45, 2.75) is 201 Å². The number of rotatable bonds is 7. The highest BCUT2D eigenvalue weighted by Gasteiger charge is 2.17. The van der Waals surface area contributed by atoms with Crippen LogP contribution in [-0.4, -0.2) is 48.6 Å². The number of H-pyrrole nitrogens is 1. The molecule has 688 valence electrons. The lowest BCUT2D eigenvalue weighted by molar-refractivity contribution is 1.01. The van der Waals surface area contributed by atoms with Gasteiger partial charge in [-0.25, -0.2) is 29.9 Å². The highest BCUT2D eigenvalue weighted by molar-refractivity contribution is 6.11. The maximum atomic E-state index is 4.86. The summed E-state index contributed by atoms with van der Waals surface area (Å²) in [5.74, 6) is 4.04. The molecule has 0 radical (unpaired) electrons. The maximum absolute atomic E-state index is 4.86. The summed E-state index contributed by atoms with van der Waals surface area (Å²) in [5.41, 5.74) is 18.1. The van der Waals surface area contributed by atoms with Crippen LogP contribution in [0.25, 0.3) is 161 Å². The smallest absolute Gasteiger partial charge is 0.164 e. The lowest BCUT2D eigenvalue weighted by atomic mass is 10.1. The zero-order valence-electron chi connectivity index (χ0n) is 85.2. The van der Waals surface area contributed by atoms with E-state index >= 15 is 0 Å². The van der Waals surface area contributed by atoms with Crippen molar-refractivity contribution in [3.63, 3.8) is 0 Å². The fraction of sp³-hybridized carbons (Fsp3) is 0.256. The molecule has 20 aromatic rings. The summed E-state index contributed by atoms with van der Waals surface area (Å²) >= 11 is 0. The number of nitrogens with one attached hydrogen (secondary N) is 1. The third-order valence-corrected chi connectivity index (χ3v) is 18.7. The second kappa shape index (κ2) is 66.7. The zero-order valence-corrected chi connectivity index (χ0v) is 85.2. The topological polar surface area (TPSA) is 108 Å². The molecule has 20 rings (SSSR count). The molecular formula is C121H154N10. The molecule has 10 nitrogen and oxygen atoms in total. The van der Waals surface area contributed by atoms with Crippen LogP contribution in [0.3, 0.4) is 0 Å². The van der Waals surface area contributed by atoms with Crippen molar-refractivity contribution in [2.75, 3.05) is 0 Å². The van der Waals surface area contributed by atoms with Gasteiger partial charge < -0.3 is 18.7 Å². The van der Waals surface area contributed by atoms with Crippen molar-refractivity contribution >= 4 is 87.2 Å². The highest BCUT2D eigenvalue weighted by atomic mass is 15.0. The number of nitrogens with zero attached hydrogens (tertiary/aromatic N) is 9. The molecule has 131 heavy (non-hydrogen) atoms. The summed E-state index contributed by atoms with van der Waals surface area (Å²) in [6.45, 7) is 58.1. The van der Waals surface area contributed by atoms with E-state index in [0.29, 0.717) is 34.9 Å². The standard InChI is InChI=1S/C33H22N4.C22H17N3.2C13H11N.C12H9N.14C2H6/c1-3-11-23(12-4-1)31-34-32(24-13-5-2-6-14-24)36-33(35-31)25-19-21-26(22-20-25)37-29-17-9-7-15-27(29)28-16-8-10-18-30(28)37;1-16-12-14-19(15-13-16)22-24-20(17-8-4-2-5-9-17)23-21(25-22)18-10-6-3-7-11-18;2*1-14-12-8-4-2-6-10(12)11-7-3-5-9-13(11)14;1-3-7-11-9(5-1)10-6-2-4-8-12(10)13-11;14*1-2/h1-22H;2-15H,1H3;2*2-9H,1H3;1-8,13H;14*1-2H3. The van der Waals surface area contributed by atoms with Crippen LogP contribution in [0, 0.1) is 6.92 Å². The minimum absolute atomic E-state index is 0.654. The lowest BCUT2D eigenvalue weighted by Crippen LogP contribution is -2.00. The molecule has 0 saturated carbocycles. The van der Waals surface area contributed by atoms with E-state index in [4.69, 9.17) is 29.9 Å². The van der Waals surface area contributed by atoms with E-state index in [2.05, 4.69) is 270 Å². The van der Waals surface area contributed by atoms with Crippen molar-refractivity contribution in [1.82, 2.24) is 48.6 Å². The van der Waals surface area contributed by atoms with Crippen LogP contribution < -0.4 is 0 Å². The van der Waals surface area contributed by atoms with Gasteiger partial charge in [-0.2, -0.15) is 0 Å². The van der Waals surface area contributed by atoms with Crippen molar-refractivity contribution in [3.8, 4) is 74.0 Å². The largest absolute Gasteiger partial charge is 0.355 e. The van der Waals surface area contributed by atoms with E-state index in [0.717, 1.165) is 39.1 Å². The molecule has 0 amide bonds. The number of para-hydroxylation sites is 8. The molecule has 0 spiro atoms. The Hall–Kier alpha value is -13.7. The monoisotopic (exact) mass is 1750 g/mol. The van der Waals surface area contributed by atoms with E-state index in [1.807, 2.05) is 327 Å². The molecule has 0 saturated heterocycles. The van der Waals surface area contributed by atoms with Crippen LogP contribution in [-0.2, 0) is 14.1 Å². The fourth-order valence-corrected chi connectivity index (χ4v) is 13.6. The van der Waals surface area contributed by atoms with Gasteiger partial charge in [-0.15, -0.1) is 0 Å². The Morgan fingerprint density at radius 2 is 0.336 bits per heavy atom. The lowest BCUT2D eigenvalue weighted by Gasteiger charge is -2.10. The predicted octanol–water partition coefficient (Wildman–Crippen LogP) is 37.5. The van der Waals surface area contributed by atoms with Gasteiger partial charge in [0.05, 0.1) is 11.0 Å². The van der Waals surface area contributed by atoms with Gasteiger partial charge >= 0.3 is 0 Å². The first-order chi connectivity index (χ1) is 64.8. The van der Waals surface area contributed by atoms with Gasteiger partial charge in [0.1, 0.15) is 0 Å². The highest BCUT2D eigenvalue weighted by Crippen LogP contribution is 2.35. The Morgan fingerprint density at radius 3 is 0.565 bits per heavy atom. The maximum Gasteiger partial charge on any atom is 0.164 e. The van der Waals surface area contributed by atoms with E-state index in [9.17, 15) is 0 Å². The first-order valence-corrected chi connectivity index (χ1v) is 48.5. The van der Waals surface area contributed by atoms with Crippen LogP contribution in [0.2, 0.25) is 0 Å². The molecule has 0 unspecified atom stereocenters. The van der Waals surface area contributed by atoms with Gasteiger partial charge in [-0.1, -0.05) is 491 Å². The third kappa shape index (κ3) is 30.7. The number of benzene rings is 14. The molecule has 0 aliphatic heterocycles. The van der Waals surface area contributed by atoms with E-state index in [-0.39, 0.29) is 0 Å². The number of hydrogen-bond donors (Lipinski definition) is 1. The first kappa shape index (κ1) is 113. The average molecular weight is 1750 g/mol. The van der Waals surface area contributed by atoms with Crippen molar-refractivity contribution in [3.05, 3.63) is 370 Å². The van der Waals surface area contributed by atoms with E-state index < -0.39 is 0 Å². The molecule has 14 aromatic carbocycles. The summed E-state index contributed by atoms with van der Waals surface area (Å²) in [4.78, 5) is 32.0.